The highest BCUT2D eigenvalue weighted by molar-refractivity contribution is 5.79. The van der Waals surface area contributed by atoms with Gasteiger partial charge in [-0.05, 0) is 25.0 Å². The van der Waals surface area contributed by atoms with Gasteiger partial charge in [0.25, 0.3) is 0 Å². The highest BCUT2D eigenvalue weighted by atomic mass is 16.5. The van der Waals surface area contributed by atoms with Gasteiger partial charge in [0.05, 0.1) is 11.7 Å². The number of aromatic nitrogens is 1. The lowest BCUT2D eigenvalue weighted by Gasteiger charge is -2.12. The summed E-state index contributed by atoms with van der Waals surface area (Å²) in [5.74, 6) is 0.854. The molecule has 0 bridgehead atoms. The molecule has 1 N–H and O–H groups in total. The van der Waals surface area contributed by atoms with Gasteiger partial charge in [-0.1, -0.05) is 31.0 Å². The molecule has 1 aromatic heterocycles. The molecule has 1 heterocycles. The summed E-state index contributed by atoms with van der Waals surface area (Å²) in [5, 5.41) is 4.67. The number of rotatable bonds is 5. The van der Waals surface area contributed by atoms with Crippen LogP contribution in [-0.2, 0) is 0 Å². The number of ether oxygens (including phenoxy) is 1. The first-order valence-electron chi connectivity index (χ1n) is 7.13. The molecule has 19 heavy (non-hydrogen) atoms. The molecule has 3 nitrogen and oxygen atoms in total. The molecule has 1 aliphatic rings. The first-order chi connectivity index (χ1) is 9.42. The van der Waals surface area contributed by atoms with Crippen molar-refractivity contribution in [2.24, 2.45) is 0 Å². The fraction of sp³-hybridized carbons (Fsp3) is 0.438. The average molecular weight is 256 g/mol. The van der Waals surface area contributed by atoms with E-state index in [2.05, 4.69) is 22.4 Å². The maximum absolute atomic E-state index is 5.75. The molecule has 0 spiro atoms. The van der Waals surface area contributed by atoms with Crippen molar-refractivity contribution < 1.29 is 4.74 Å². The van der Waals surface area contributed by atoms with Gasteiger partial charge in [0.15, 0.2) is 0 Å². The van der Waals surface area contributed by atoms with Crippen LogP contribution in [0.3, 0.4) is 0 Å². The summed E-state index contributed by atoms with van der Waals surface area (Å²) >= 11 is 0. The van der Waals surface area contributed by atoms with Crippen molar-refractivity contribution in [3.63, 3.8) is 0 Å². The fourth-order valence-electron chi connectivity index (χ4n) is 2.69. The Morgan fingerprint density at radius 3 is 2.95 bits per heavy atom. The van der Waals surface area contributed by atoms with E-state index in [1.807, 2.05) is 18.2 Å². The summed E-state index contributed by atoms with van der Waals surface area (Å²) < 4.78 is 5.75. The molecule has 0 atom stereocenters. The summed E-state index contributed by atoms with van der Waals surface area (Å²) in [5.41, 5.74) is 1.01. The lowest BCUT2D eigenvalue weighted by atomic mass is 10.2. The summed E-state index contributed by atoms with van der Waals surface area (Å²) in [6.45, 7) is 1.62. The minimum atomic E-state index is 0.705. The van der Waals surface area contributed by atoms with Gasteiger partial charge in [-0.3, -0.25) is 4.98 Å². The van der Waals surface area contributed by atoms with E-state index >= 15 is 0 Å². The van der Waals surface area contributed by atoms with Gasteiger partial charge < -0.3 is 10.1 Å². The quantitative estimate of drug-likeness (QED) is 0.834. The van der Waals surface area contributed by atoms with Crippen LogP contribution in [0.1, 0.15) is 25.7 Å². The highest BCUT2D eigenvalue weighted by Crippen LogP contribution is 2.18. The molecule has 3 heteroatoms. The summed E-state index contributed by atoms with van der Waals surface area (Å²) in [6, 6.07) is 10.9. The molecule has 1 aromatic carbocycles. The normalized spacial score (nSPS) is 16.0. The molecule has 0 aliphatic heterocycles. The molecule has 100 valence electrons. The molecule has 1 fully saturated rings. The minimum Gasteiger partial charge on any atom is -0.491 e. The van der Waals surface area contributed by atoms with Crippen LogP contribution in [0.4, 0.5) is 0 Å². The fourth-order valence-corrected chi connectivity index (χ4v) is 2.69. The zero-order valence-corrected chi connectivity index (χ0v) is 11.1. The van der Waals surface area contributed by atoms with Crippen LogP contribution in [0.5, 0.6) is 5.75 Å². The Morgan fingerprint density at radius 2 is 2.05 bits per heavy atom. The highest BCUT2D eigenvalue weighted by Gasteiger charge is 2.13. The van der Waals surface area contributed by atoms with Crippen molar-refractivity contribution in [2.45, 2.75) is 31.7 Å². The number of fused-ring (bicyclic) bond motifs is 1. The van der Waals surface area contributed by atoms with Gasteiger partial charge in [-0.15, -0.1) is 0 Å². The Kier molecular flexibility index (Phi) is 3.94. The maximum atomic E-state index is 5.75. The van der Waals surface area contributed by atoms with E-state index in [-0.39, 0.29) is 0 Å². The minimum absolute atomic E-state index is 0.705. The average Bonchev–Trinajstić information content (AvgIpc) is 2.97. The van der Waals surface area contributed by atoms with Gasteiger partial charge in [0.2, 0.25) is 0 Å². The van der Waals surface area contributed by atoms with Crippen LogP contribution in [0, 0.1) is 0 Å². The first kappa shape index (κ1) is 12.4. The van der Waals surface area contributed by atoms with Crippen molar-refractivity contribution in [1.82, 2.24) is 10.3 Å². The van der Waals surface area contributed by atoms with Crippen LogP contribution < -0.4 is 10.1 Å². The Balaban J connectivity index is 1.50. The Bertz CT molecular complexity index is 535. The topological polar surface area (TPSA) is 34.1 Å². The van der Waals surface area contributed by atoms with Crippen LogP contribution in [0.25, 0.3) is 10.9 Å². The second-order valence-corrected chi connectivity index (χ2v) is 5.15. The molecule has 1 aliphatic carbocycles. The smallest absolute Gasteiger partial charge is 0.138 e. The number of hydrogen-bond acceptors (Lipinski definition) is 3. The van der Waals surface area contributed by atoms with E-state index in [4.69, 9.17) is 4.74 Å². The molecular weight excluding hydrogens is 236 g/mol. The van der Waals surface area contributed by atoms with E-state index in [9.17, 15) is 0 Å². The van der Waals surface area contributed by atoms with E-state index in [0.29, 0.717) is 12.6 Å². The summed E-state index contributed by atoms with van der Waals surface area (Å²) in [7, 11) is 0. The van der Waals surface area contributed by atoms with Crippen molar-refractivity contribution in [3.8, 4) is 5.75 Å². The second kappa shape index (κ2) is 6.02. The van der Waals surface area contributed by atoms with Crippen LogP contribution in [-0.4, -0.2) is 24.2 Å². The third kappa shape index (κ3) is 3.24. The number of nitrogens with one attached hydrogen (secondary N) is 1. The molecule has 0 saturated heterocycles. The zero-order valence-electron chi connectivity index (χ0n) is 11.1. The number of pyridine rings is 1. The third-order valence-corrected chi connectivity index (χ3v) is 3.72. The monoisotopic (exact) mass is 256 g/mol. The van der Waals surface area contributed by atoms with Gasteiger partial charge in [-0.25, -0.2) is 0 Å². The molecule has 2 aromatic rings. The Hall–Kier alpha value is -1.61. The number of benzene rings is 1. The van der Waals surface area contributed by atoms with Gasteiger partial charge in [-0.2, -0.15) is 0 Å². The Morgan fingerprint density at radius 1 is 1.21 bits per heavy atom. The molecule has 0 radical (unpaired) electrons. The molecule has 3 rings (SSSR count). The van der Waals surface area contributed by atoms with Crippen LogP contribution in [0.2, 0.25) is 0 Å². The zero-order chi connectivity index (χ0) is 12.9. The summed E-state index contributed by atoms with van der Waals surface area (Å²) in [4.78, 5) is 4.39. The van der Waals surface area contributed by atoms with E-state index in [0.717, 1.165) is 23.2 Å². The van der Waals surface area contributed by atoms with E-state index in [1.54, 1.807) is 6.20 Å². The summed E-state index contributed by atoms with van der Waals surface area (Å²) in [6.07, 6.45) is 7.17. The van der Waals surface area contributed by atoms with Crippen molar-refractivity contribution in [3.05, 3.63) is 36.5 Å². The first-order valence-corrected chi connectivity index (χ1v) is 7.13. The SMILES string of the molecule is c1ccc2ncc(OCCNC3CCCC3)cc2c1. The van der Waals surface area contributed by atoms with Gasteiger partial charge >= 0.3 is 0 Å². The molecule has 0 amide bonds. The third-order valence-electron chi connectivity index (χ3n) is 3.72. The number of para-hydroxylation sites is 1. The standard InChI is InChI=1S/C16H20N2O/c1-4-8-16-13(5-1)11-15(12-18-16)19-10-9-17-14-6-2-3-7-14/h1,4-5,8,11-12,14,17H,2-3,6-7,9-10H2. The predicted octanol–water partition coefficient (Wildman–Crippen LogP) is 3.15. The largest absolute Gasteiger partial charge is 0.491 e. The molecular formula is C16H20N2O. The van der Waals surface area contributed by atoms with E-state index < -0.39 is 0 Å². The van der Waals surface area contributed by atoms with Crippen LogP contribution >= 0.6 is 0 Å². The second-order valence-electron chi connectivity index (χ2n) is 5.15. The van der Waals surface area contributed by atoms with Crippen LogP contribution in [0.15, 0.2) is 36.5 Å². The maximum Gasteiger partial charge on any atom is 0.138 e. The van der Waals surface area contributed by atoms with Gasteiger partial charge in [0.1, 0.15) is 12.4 Å². The molecule has 1 saturated carbocycles. The lowest BCUT2D eigenvalue weighted by molar-refractivity contribution is 0.304. The van der Waals surface area contributed by atoms with E-state index in [1.165, 1.54) is 25.7 Å². The Labute approximate surface area is 114 Å². The van der Waals surface area contributed by atoms with Crippen molar-refractivity contribution in [1.29, 1.82) is 0 Å². The van der Waals surface area contributed by atoms with Crippen molar-refractivity contribution in [2.75, 3.05) is 13.2 Å². The van der Waals surface area contributed by atoms with Crippen molar-refractivity contribution >= 4 is 10.9 Å². The van der Waals surface area contributed by atoms with Gasteiger partial charge in [0, 0.05) is 18.0 Å². The molecule has 0 unspecified atom stereocenters. The lowest BCUT2D eigenvalue weighted by Crippen LogP contribution is -2.30. The predicted molar refractivity (Wildman–Crippen MR) is 77.5 cm³/mol. The number of nitrogens with zero attached hydrogens (tertiary/aromatic N) is 1. The number of hydrogen-bond donors (Lipinski definition) is 1.